The van der Waals surface area contributed by atoms with Crippen molar-refractivity contribution in [3.05, 3.63) is 23.7 Å². The minimum absolute atomic E-state index is 0.116. The van der Waals surface area contributed by atoms with Gasteiger partial charge in [0.2, 0.25) is 0 Å². The Bertz CT molecular complexity index is 325. The van der Waals surface area contributed by atoms with Crippen molar-refractivity contribution in [3.63, 3.8) is 0 Å². The van der Waals surface area contributed by atoms with Crippen LogP contribution in [0.2, 0.25) is 0 Å². The molecule has 1 fully saturated rings. The molecule has 2 heterocycles. The maximum Gasteiger partial charge on any atom is 0.305 e. The van der Waals surface area contributed by atoms with E-state index in [1.54, 1.807) is 13.0 Å². The highest BCUT2D eigenvalue weighted by Crippen LogP contribution is 2.30. The van der Waals surface area contributed by atoms with Crippen LogP contribution in [0.25, 0.3) is 0 Å². The fourth-order valence-electron chi connectivity index (χ4n) is 1.11. The van der Waals surface area contributed by atoms with Gasteiger partial charge < -0.3 is 13.9 Å². The average Bonchev–Trinajstić information content (AvgIpc) is 2.95. The molecule has 1 aliphatic rings. The predicted molar refractivity (Wildman–Crippen MR) is 47.5 cm³/mol. The van der Waals surface area contributed by atoms with Gasteiger partial charge in [0.05, 0.1) is 6.61 Å². The highest BCUT2D eigenvalue weighted by atomic mass is 16.6. The number of epoxide rings is 1. The van der Waals surface area contributed by atoms with E-state index in [0.29, 0.717) is 12.2 Å². The smallest absolute Gasteiger partial charge is 0.305 e. The van der Waals surface area contributed by atoms with Crippen LogP contribution in [0, 0.1) is 0 Å². The second kappa shape index (κ2) is 3.84. The van der Waals surface area contributed by atoms with Gasteiger partial charge in [0.15, 0.2) is 0 Å². The first-order valence-electron chi connectivity index (χ1n) is 4.65. The van der Waals surface area contributed by atoms with Crippen molar-refractivity contribution < 1.29 is 18.7 Å². The van der Waals surface area contributed by atoms with Crippen LogP contribution >= 0.6 is 0 Å². The summed E-state index contributed by atoms with van der Waals surface area (Å²) in [6, 6.07) is 3.66. The van der Waals surface area contributed by atoms with Crippen molar-refractivity contribution >= 4 is 5.97 Å². The maximum absolute atomic E-state index is 10.8. The quantitative estimate of drug-likeness (QED) is 0.544. The monoisotopic (exact) mass is 196 g/mol. The van der Waals surface area contributed by atoms with Crippen LogP contribution in [0.3, 0.4) is 0 Å². The lowest BCUT2D eigenvalue weighted by Gasteiger charge is -1.99. The molecular weight excluding hydrogens is 184 g/mol. The predicted octanol–water partition coefficient (Wildman–Crippen LogP) is 1.80. The zero-order valence-electron chi connectivity index (χ0n) is 7.99. The maximum atomic E-state index is 10.8. The van der Waals surface area contributed by atoms with Crippen molar-refractivity contribution in [3.8, 4) is 0 Å². The summed E-state index contributed by atoms with van der Waals surface area (Å²) >= 11 is 0. The molecule has 1 unspecified atom stereocenters. The topological polar surface area (TPSA) is 52.0 Å². The molecule has 1 atom stereocenters. The second-order valence-electron chi connectivity index (χ2n) is 3.14. The van der Waals surface area contributed by atoms with E-state index < -0.39 is 0 Å². The molecule has 0 radical (unpaired) electrons. The fourth-order valence-corrected chi connectivity index (χ4v) is 1.11. The minimum Gasteiger partial charge on any atom is -0.460 e. The Morgan fingerprint density at radius 3 is 3.07 bits per heavy atom. The zero-order chi connectivity index (χ0) is 9.97. The largest absolute Gasteiger partial charge is 0.460 e. The first-order chi connectivity index (χ1) is 6.79. The van der Waals surface area contributed by atoms with Crippen molar-refractivity contribution in [1.82, 2.24) is 0 Å². The first-order valence-corrected chi connectivity index (χ1v) is 4.65. The van der Waals surface area contributed by atoms with Crippen LogP contribution in [0.4, 0.5) is 0 Å². The Balaban J connectivity index is 1.86. The Hall–Kier alpha value is -1.29. The van der Waals surface area contributed by atoms with E-state index in [0.717, 1.165) is 12.4 Å². The Labute approximate surface area is 81.8 Å². The normalized spacial score (nSPS) is 19.4. The van der Waals surface area contributed by atoms with E-state index in [4.69, 9.17) is 13.9 Å². The molecule has 0 spiro atoms. The number of furan rings is 1. The van der Waals surface area contributed by atoms with Gasteiger partial charge in [-0.15, -0.1) is 0 Å². The first kappa shape index (κ1) is 9.27. The number of carbonyl (C=O) groups is 1. The molecular formula is C10H12O4. The molecule has 0 aliphatic carbocycles. The van der Waals surface area contributed by atoms with Crippen LogP contribution in [0.1, 0.15) is 31.0 Å². The van der Waals surface area contributed by atoms with Crippen LogP contribution in [0.15, 0.2) is 16.5 Å². The third kappa shape index (κ3) is 2.14. The molecule has 14 heavy (non-hydrogen) atoms. The van der Waals surface area contributed by atoms with Crippen LogP contribution in [0.5, 0.6) is 0 Å². The summed E-state index contributed by atoms with van der Waals surface area (Å²) in [4.78, 5) is 10.8. The summed E-state index contributed by atoms with van der Waals surface area (Å²) in [6.07, 6.45) is 0.505. The lowest BCUT2D eigenvalue weighted by atomic mass is 10.3. The average molecular weight is 196 g/mol. The Morgan fingerprint density at radius 1 is 1.64 bits per heavy atom. The fraction of sp³-hybridized carbons (Fsp3) is 0.500. The number of rotatable bonds is 4. The van der Waals surface area contributed by atoms with Crippen LogP contribution in [-0.2, 0) is 20.9 Å². The van der Waals surface area contributed by atoms with E-state index >= 15 is 0 Å². The van der Waals surface area contributed by atoms with Crippen molar-refractivity contribution in [2.75, 3.05) is 6.61 Å². The second-order valence-corrected chi connectivity index (χ2v) is 3.14. The minimum atomic E-state index is -0.217. The molecule has 1 aromatic heterocycles. The Kier molecular flexibility index (Phi) is 2.54. The summed E-state index contributed by atoms with van der Waals surface area (Å²) in [7, 11) is 0. The van der Waals surface area contributed by atoms with Gasteiger partial charge in [0.25, 0.3) is 0 Å². The third-order valence-electron chi connectivity index (χ3n) is 2.00. The van der Waals surface area contributed by atoms with Gasteiger partial charge in [-0.2, -0.15) is 0 Å². The number of hydrogen-bond donors (Lipinski definition) is 0. The Morgan fingerprint density at radius 2 is 2.43 bits per heavy atom. The van der Waals surface area contributed by atoms with Crippen molar-refractivity contribution in [1.29, 1.82) is 0 Å². The SMILES string of the molecule is CCC(=O)OCc1ccc(C2CO2)o1. The van der Waals surface area contributed by atoms with Gasteiger partial charge in [-0.05, 0) is 12.1 Å². The standard InChI is InChI=1S/C10H12O4/c1-2-10(11)13-5-7-3-4-8(14-7)9-6-12-9/h3-4,9H,2,5-6H2,1H3. The number of ether oxygens (including phenoxy) is 2. The molecule has 1 aliphatic heterocycles. The molecule has 0 aromatic carbocycles. The van der Waals surface area contributed by atoms with E-state index in [1.165, 1.54) is 0 Å². The molecule has 0 amide bonds. The summed E-state index contributed by atoms with van der Waals surface area (Å²) in [5.41, 5.74) is 0. The van der Waals surface area contributed by atoms with Gasteiger partial charge >= 0.3 is 5.97 Å². The van der Waals surface area contributed by atoms with Gasteiger partial charge in [-0.3, -0.25) is 4.79 Å². The molecule has 76 valence electrons. The molecule has 0 saturated carbocycles. The summed E-state index contributed by atoms with van der Waals surface area (Å²) in [5, 5.41) is 0. The van der Waals surface area contributed by atoms with Gasteiger partial charge in [0, 0.05) is 6.42 Å². The van der Waals surface area contributed by atoms with Gasteiger partial charge in [0.1, 0.15) is 24.2 Å². The molecule has 0 N–H and O–H groups in total. The van der Waals surface area contributed by atoms with E-state index in [-0.39, 0.29) is 18.7 Å². The summed E-state index contributed by atoms with van der Waals surface area (Å²) in [6.45, 7) is 2.69. The lowest BCUT2D eigenvalue weighted by Crippen LogP contribution is -2.01. The van der Waals surface area contributed by atoms with Gasteiger partial charge in [-0.1, -0.05) is 6.92 Å². The highest BCUT2D eigenvalue weighted by Gasteiger charge is 2.28. The molecule has 0 bridgehead atoms. The van der Waals surface area contributed by atoms with Crippen molar-refractivity contribution in [2.45, 2.75) is 26.1 Å². The van der Waals surface area contributed by atoms with Gasteiger partial charge in [-0.25, -0.2) is 0 Å². The zero-order valence-corrected chi connectivity index (χ0v) is 7.99. The molecule has 2 rings (SSSR count). The summed E-state index contributed by atoms with van der Waals surface area (Å²) < 4.78 is 15.4. The number of esters is 1. The third-order valence-corrected chi connectivity index (χ3v) is 2.00. The van der Waals surface area contributed by atoms with E-state index in [1.807, 2.05) is 6.07 Å². The molecule has 4 heteroatoms. The van der Waals surface area contributed by atoms with Crippen LogP contribution in [-0.4, -0.2) is 12.6 Å². The highest BCUT2D eigenvalue weighted by molar-refractivity contribution is 5.68. The summed E-state index contributed by atoms with van der Waals surface area (Å²) in [5.74, 6) is 1.26. The lowest BCUT2D eigenvalue weighted by molar-refractivity contribution is -0.145. The van der Waals surface area contributed by atoms with Crippen molar-refractivity contribution in [2.24, 2.45) is 0 Å². The van der Waals surface area contributed by atoms with E-state index in [9.17, 15) is 4.79 Å². The molecule has 1 aromatic rings. The van der Waals surface area contributed by atoms with E-state index in [2.05, 4.69) is 0 Å². The molecule has 1 saturated heterocycles. The number of hydrogen-bond acceptors (Lipinski definition) is 4. The molecule has 4 nitrogen and oxygen atoms in total. The number of carbonyl (C=O) groups excluding carboxylic acids is 1. The van der Waals surface area contributed by atoms with Crippen LogP contribution < -0.4 is 0 Å².